The van der Waals surface area contributed by atoms with E-state index in [1.165, 1.54) is 0 Å². The number of anilines is 1. The van der Waals surface area contributed by atoms with Gasteiger partial charge >= 0.3 is 5.51 Å². The molecule has 0 atom stereocenters. The monoisotopic (exact) mass is 361 g/mol. The molecular formula is C9H7F3INOS. The quantitative estimate of drug-likeness (QED) is 0.836. The van der Waals surface area contributed by atoms with E-state index in [2.05, 4.69) is 27.9 Å². The van der Waals surface area contributed by atoms with Crippen molar-refractivity contribution in [2.45, 2.75) is 5.51 Å². The minimum absolute atomic E-state index is 0.349. The Kier molecular flexibility index (Phi) is 4.90. The Hall–Kier alpha value is -0.440. The minimum Gasteiger partial charge on any atom is -0.325 e. The molecule has 0 saturated carbocycles. The molecule has 0 aliphatic rings. The summed E-state index contributed by atoms with van der Waals surface area (Å²) in [5.74, 6) is -1.29. The number of nitrogens with one attached hydrogen (secondary N) is 1. The summed E-state index contributed by atoms with van der Waals surface area (Å²) in [6, 6.07) is 6.79. The highest BCUT2D eigenvalue weighted by molar-refractivity contribution is 14.1. The number of carbonyl (C=O) groups is 1. The minimum atomic E-state index is -4.37. The first kappa shape index (κ1) is 13.6. The molecule has 0 aliphatic heterocycles. The van der Waals surface area contributed by atoms with Crippen LogP contribution in [0, 0.1) is 3.57 Å². The summed E-state index contributed by atoms with van der Waals surface area (Å²) in [6.45, 7) is 0. The Bertz CT molecular complexity index is 366. The smallest absolute Gasteiger partial charge is 0.325 e. The molecule has 0 fully saturated rings. The summed E-state index contributed by atoms with van der Waals surface area (Å²) < 4.78 is 36.4. The Labute approximate surface area is 108 Å². The zero-order chi connectivity index (χ0) is 12.2. The van der Waals surface area contributed by atoms with Crippen LogP contribution in [-0.2, 0) is 4.79 Å². The van der Waals surface area contributed by atoms with E-state index in [9.17, 15) is 18.0 Å². The van der Waals surface area contributed by atoms with Crippen molar-refractivity contribution in [2.24, 2.45) is 0 Å². The summed E-state index contributed by atoms with van der Waals surface area (Å²) in [5.41, 5.74) is -3.88. The van der Waals surface area contributed by atoms with Gasteiger partial charge in [-0.3, -0.25) is 4.79 Å². The van der Waals surface area contributed by atoms with Gasteiger partial charge in [-0.25, -0.2) is 0 Å². The van der Waals surface area contributed by atoms with Gasteiger partial charge in [0.15, 0.2) is 0 Å². The van der Waals surface area contributed by atoms with Crippen molar-refractivity contribution in [2.75, 3.05) is 11.1 Å². The standard InChI is InChI=1S/C9H7F3INOS/c10-9(11,12)16-5-8(15)14-7-3-1-6(13)2-4-7/h1-4H,5H2,(H,14,15). The van der Waals surface area contributed by atoms with Gasteiger partial charge in [0.2, 0.25) is 5.91 Å². The van der Waals surface area contributed by atoms with E-state index in [-0.39, 0.29) is 11.8 Å². The predicted molar refractivity (Wildman–Crippen MR) is 66.3 cm³/mol. The molecule has 0 unspecified atom stereocenters. The van der Waals surface area contributed by atoms with Crippen molar-refractivity contribution in [1.29, 1.82) is 0 Å². The molecule has 2 nitrogen and oxygen atoms in total. The van der Waals surface area contributed by atoms with Crippen LogP contribution >= 0.6 is 34.4 Å². The fourth-order valence-electron chi connectivity index (χ4n) is 0.878. The van der Waals surface area contributed by atoms with Crippen LogP contribution < -0.4 is 5.32 Å². The van der Waals surface area contributed by atoms with Crippen LogP contribution in [0.4, 0.5) is 18.9 Å². The first-order chi connectivity index (χ1) is 7.37. The maximum Gasteiger partial charge on any atom is 0.442 e. The number of hydrogen-bond donors (Lipinski definition) is 1. The average Bonchev–Trinajstić information content (AvgIpc) is 2.18. The molecule has 0 saturated heterocycles. The van der Waals surface area contributed by atoms with Crippen molar-refractivity contribution >= 4 is 45.9 Å². The van der Waals surface area contributed by atoms with Crippen molar-refractivity contribution in [1.82, 2.24) is 0 Å². The Morgan fingerprint density at radius 2 is 1.88 bits per heavy atom. The molecule has 1 amide bonds. The Balaban J connectivity index is 2.43. The normalized spacial score (nSPS) is 11.2. The molecule has 0 aliphatic carbocycles. The molecule has 88 valence electrons. The number of thioether (sulfide) groups is 1. The van der Waals surface area contributed by atoms with E-state index in [0.717, 1.165) is 3.57 Å². The summed E-state index contributed by atoms with van der Waals surface area (Å²) >= 11 is 1.74. The fourth-order valence-corrected chi connectivity index (χ4v) is 1.60. The molecule has 0 spiro atoms. The number of benzene rings is 1. The third kappa shape index (κ3) is 5.59. The number of halogens is 4. The summed E-state index contributed by atoms with van der Waals surface area (Å²) in [5, 5.41) is 2.38. The SMILES string of the molecule is O=C(CSC(F)(F)F)Nc1ccc(I)cc1. The van der Waals surface area contributed by atoms with Crippen molar-refractivity contribution in [3.05, 3.63) is 27.8 Å². The zero-order valence-corrected chi connectivity index (χ0v) is 10.8. The average molecular weight is 361 g/mol. The number of hydrogen-bond acceptors (Lipinski definition) is 2. The van der Waals surface area contributed by atoms with Crippen LogP contribution in [0.25, 0.3) is 0 Å². The van der Waals surface area contributed by atoms with Crippen molar-refractivity contribution < 1.29 is 18.0 Å². The van der Waals surface area contributed by atoms with E-state index in [1.54, 1.807) is 24.3 Å². The fraction of sp³-hybridized carbons (Fsp3) is 0.222. The molecule has 1 aromatic rings. The maximum absolute atomic E-state index is 11.8. The molecule has 0 radical (unpaired) electrons. The number of carbonyl (C=O) groups excluding carboxylic acids is 1. The van der Waals surface area contributed by atoms with Gasteiger partial charge in [0.25, 0.3) is 0 Å². The Morgan fingerprint density at radius 1 is 1.31 bits per heavy atom. The lowest BCUT2D eigenvalue weighted by molar-refractivity contribution is -0.114. The van der Waals surface area contributed by atoms with Gasteiger partial charge < -0.3 is 5.32 Å². The predicted octanol–water partition coefficient (Wildman–Crippen LogP) is 3.48. The molecule has 1 N–H and O–H groups in total. The molecule has 7 heteroatoms. The highest BCUT2D eigenvalue weighted by Crippen LogP contribution is 2.29. The second-order valence-corrected chi connectivity index (χ2v) is 5.08. The van der Waals surface area contributed by atoms with Crippen LogP contribution in [0.3, 0.4) is 0 Å². The van der Waals surface area contributed by atoms with Gasteiger partial charge in [0.1, 0.15) is 0 Å². The van der Waals surface area contributed by atoms with Gasteiger partial charge in [0.05, 0.1) is 5.75 Å². The van der Waals surface area contributed by atoms with Crippen LogP contribution in [-0.4, -0.2) is 17.2 Å². The number of amides is 1. The van der Waals surface area contributed by atoms with Gasteiger partial charge in [-0.1, -0.05) is 0 Å². The number of rotatable bonds is 3. The maximum atomic E-state index is 11.8. The van der Waals surface area contributed by atoms with Gasteiger partial charge in [-0.15, -0.1) is 0 Å². The van der Waals surface area contributed by atoms with Crippen molar-refractivity contribution in [3.63, 3.8) is 0 Å². The van der Waals surface area contributed by atoms with Crippen LogP contribution in [0.2, 0.25) is 0 Å². The third-order valence-corrected chi connectivity index (χ3v) is 2.95. The molecule has 0 aromatic heterocycles. The van der Waals surface area contributed by atoms with Crippen LogP contribution in [0.15, 0.2) is 24.3 Å². The van der Waals surface area contributed by atoms with Crippen LogP contribution in [0.1, 0.15) is 0 Å². The molecule has 0 heterocycles. The van der Waals surface area contributed by atoms with Gasteiger partial charge in [0, 0.05) is 9.26 Å². The highest BCUT2D eigenvalue weighted by atomic mass is 127. The molecule has 0 bridgehead atoms. The summed E-state index contributed by atoms with van der Waals surface area (Å²) in [6.07, 6.45) is 0. The second-order valence-electron chi connectivity index (χ2n) is 2.79. The topological polar surface area (TPSA) is 29.1 Å². The molecule has 1 rings (SSSR count). The zero-order valence-electron chi connectivity index (χ0n) is 7.84. The van der Waals surface area contributed by atoms with E-state index < -0.39 is 17.2 Å². The lowest BCUT2D eigenvalue weighted by Gasteiger charge is -2.06. The molecule has 1 aromatic carbocycles. The lowest BCUT2D eigenvalue weighted by Crippen LogP contribution is -2.17. The summed E-state index contributed by atoms with van der Waals surface area (Å²) in [4.78, 5) is 11.1. The second kappa shape index (κ2) is 5.76. The van der Waals surface area contributed by atoms with Crippen molar-refractivity contribution in [3.8, 4) is 0 Å². The van der Waals surface area contributed by atoms with Gasteiger partial charge in [-0.2, -0.15) is 13.2 Å². The first-order valence-electron chi connectivity index (χ1n) is 4.13. The molecular weight excluding hydrogens is 354 g/mol. The van der Waals surface area contributed by atoms with E-state index >= 15 is 0 Å². The highest BCUT2D eigenvalue weighted by Gasteiger charge is 2.29. The van der Waals surface area contributed by atoms with Crippen LogP contribution in [0.5, 0.6) is 0 Å². The Morgan fingerprint density at radius 3 is 2.38 bits per heavy atom. The third-order valence-electron chi connectivity index (χ3n) is 1.49. The van der Waals surface area contributed by atoms with Gasteiger partial charge in [-0.05, 0) is 58.6 Å². The van der Waals surface area contributed by atoms with E-state index in [4.69, 9.17) is 0 Å². The number of alkyl halides is 3. The van der Waals surface area contributed by atoms with E-state index in [1.807, 2.05) is 0 Å². The summed E-state index contributed by atoms with van der Waals surface area (Å²) in [7, 11) is 0. The van der Waals surface area contributed by atoms with E-state index in [0.29, 0.717) is 5.69 Å². The largest absolute Gasteiger partial charge is 0.442 e. The lowest BCUT2D eigenvalue weighted by atomic mass is 10.3. The molecule has 16 heavy (non-hydrogen) atoms. The first-order valence-corrected chi connectivity index (χ1v) is 6.19.